The van der Waals surface area contributed by atoms with Gasteiger partial charge >= 0.3 is 11.9 Å². The molecule has 2 aliphatic heterocycles. The zero-order chi connectivity index (χ0) is 16.0. The fourth-order valence-electron chi connectivity index (χ4n) is 3.91. The zero-order valence-corrected chi connectivity index (χ0v) is 13.1. The summed E-state index contributed by atoms with van der Waals surface area (Å²) in [7, 11) is 0. The Hall–Kier alpha value is -1.14. The number of carbonyl (C=O) groups is 2. The monoisotopic (exact) mass is 299 g/mol. The molecule has 0 radical (unpaired) electrons. The lowest BCUT2D eigenvalue weighted by Crippen LogP contribution is -2.54. The molecule has 2 aliphatic rings. The van der Waals surface area contributed by atoms with Crippen molar-refractivity contribution in [2.24, 2.45) is 11.8 Å². The molecule has 0 saturated carbocycles. The quantitative estimate of drug-likeness (QED) is 0.820. The summed E-state index contributed by atoms with van der Waals surface area (Å²) < 4.78 is 6.07. The third kappa shape index (κ3) is 3.21. The molecule has 0 aromatic rings. The van der Waals surface area contributed by atoms with Crippen molar-refractivity contribution in [3.63, 3.8) is 0 Å². The van der Waals surface area contributed by atoms with E-state index in [0.717, 1.165) is 6.42 Å². The van der Waals surface area contributed by atoms with Gasteiger partial charge in [0.25, 0.3) is 0 Å². The Morgan fingerprint density at radius 3 is 2.10 bits per heavy atom. The molecule has 0 aromatic heterocycles. The Morgan fingerprint density at radius 1 is 1.10 bits per heavy atom. The van der Waals surface area contributed by atoms with Gasteiger partial charge in [-0.2, -0.15) is 0 Å². The van der Waals surface area contributed by atoms with Crippen molar-refractivity contribution < 1.29 is 24.5 Å². The third-order valence-corrected chi connectivity index (χ3v) is 4.75. The van der Waals surface area contributed by atoms with Crippen LogP contribution in [-0.4, -0.2) is 57.4 Å². The van der Waals surface area contributed by atoms with Crippen LogP contribution in [0.4, 0.5) is 0 Å². The van der Waals surface area contributed by atoms with Gasteiger partial charge in [-0.3, -0.25) is 14.5 Å². The summed E-state index contributed by atoms with van der Waals surface area (Å²) >= 11 is 0. The summed E-state index contributed by atoms with van der Waals surface area (Å²) in [5, 5.41) is 18.5. The molecular weight excluding hydrogens is 274 g/mol. The molecule has 6 heteroatoms. The highest BCUT2D eigenvalue weighted by atomic mass is 16.5. The van der Waals surface area contributed by atoms with Gasteiger partial charge in [0.1, 0.15) is 0 Å². The number of ether oxygens (including phenoxy) is 1. The Morgan fingerprint density at radius 2 is 1.67 bits per heavy atom. The SMILES string of the molecule is CC1(C)CC(N2CCC(C(=O)O)C(C(=O)O)C2)C(C)(C)O1. The molecule has 6 nitrogen and oxygen atoms in total. The summed E-state index contributed by atoms with van der Waals surface area (Å²) in [6.45, 7) is 8.99. The summed E-state index contributed by atoms with van der Waals surface area (Å²) in [5.74, 6) is -3.68. The van der Waals surface area contributed by atoms with E-state index in [4.69, 9.17) is 4.74 Å². The zero-order valence-electron chi connectivity index (χ0n) is 13.1. The average molecular weight is 299 g/mol. The highest BCUT2D eigenvalue weighted by Gasteiger charge is 2.51. The number of nitrogens with zero attached hydrogens (tertiary/aromatic N) is 1. The van der Waals surface area contributed by atoms with Crippen LogP contribution in [0.2, 0.25) is 0 Å². The molecule has 21 heavy (non-hydrogen) atoms. The second-order valence-corrected chi connectivity index (χ2v) is 7.36. The number of aliphatic carboxylic acids is 2. The molecule has 0 aromatic carbocycles. The van der Waals surface area contributed by atoms with E-state index in [9.17, 15) is 19.8 Å². The van der Waals surface area contributed by atoms with Crippen LogP contribution in [0.1, 0.15) is 40.5 Å². The standard InChI is InChI=1S/C15H25NO5/c1-14(2)7-11(15(3,4)21-14)16-6-5-9(12(17)18)10(8-16)13(19)20/h9-11H,5-8H2,1-4H3,(H,17,18)(H,19,20). The van der Waals surface area contributed by atoms with E-state index < -0.39 is 23.8 Å². The first kappa shape index (κ1) is 16.2. The Kier molecular flexibility index (Phi) is 4.06. The summed E-state index contributed by atoms with van der Waals surface area (Å²) in [5.41, 5.74) is -0.598. The van der Waals surface area contributed by atoms with E-state index in [0.29, 0.717) is 13.0 Å². The van der Waals surface area contributed by atoms with Gasteiger partial charge in [0.15, 0.2) is 0 Å². The van der Waals surface area contributed by atoms with Crippen molar-refractivity contribution >= 4 is 11.9 Å². The lowest BCUT2D eigenvalue weighted by Gasteiger charge is -2.42. The highest BCUT2D eigenvalue weighted by molar-refractivity contribution is 5.80. The van der Waals surface area contributed by atoms with Crippen molar-refractivity contribution in [2.45, 2.75) is 57.8 Å². The number of likely N-dealkylation sites (tertiary alicyclic amines) is 1. The van der Waals surface area contributed by atoms with Crippen LogP contribution in [-0.2, 0) is 14.3 Å². The Labute approximate surface area is 125 Å². The van der Waals surface area contributed by atoms with Gasteiger partial charge in [-0.1, -0.05) is 0 Å². The predicted molar refractivity (Wildman–Crippen MR) is 76.1 cm³/mol. The first-order valence-electron chi connectivity index (χ1n) is 7.43. The summed E-state index contributed by atoms with van der Waals surface area (Å²) in [6.07, 6.45) is 1.20. The molecule has 3 atom stereocenters. The molecule has 2 fully saturated rings. The number of piperidine rings is 1. The van der Waals surface area contributed by atoms with Crippen molar-refractivity contribution in [2.75, 3.05) is 13.1 Å². The van der Waals surface area contributed by atoms with E-state index in [-0.39, 0.29) is 23.8 Å². The van der Waals surface area contributed by atoms with E-state index in [1.165, 1.54) is 0 Å². The van der Waals surface area contributed by atoms with Gasteiger partial charge in [-0.15, -0.1) is 0 Å². The first-order chi connectivity index (χ1) is 9.53. The number of carboxylic acid groups (broad SMARTS) is 2. The van der Waals surface area contributed by atoms with Crippen LogP contribution in [0.15, 0.2) is 0 Å². The largest absolute Gasteiger partial charge is 0.481 e. The minimum absolute atomic E-state index is 0.115. The molecule has 0 aliphatic carbocycles. The number of rotatable bonds is 3. The maximum atomic E-state index is 11.4. The Bertz CT molecular complexity index is 445. The normalized spacial score (nSPS) is 35.5. The van der Waals surface area contributed by atoms with E-state index >= 15 is 0 Å². The average Bonchev–Trinajstić information content (AvgIpc) is 2.56. The van der Waals surface area contributed by atoms with Crippen molar-refractivity contribution in [3.8, 4) is 0 Å². The van der Waals surface area contributed by atoms with Crippen molar-refractivity contribution in [1.82, 2.24) is 4.90 Å². The van der Waals surface area contributed by atoms with Crippen molar-refractivity contribution in [1.29, 1.82) is 0 Å². The first-order valence-corrected chi connectivity index (χ1v) is 7.43. The predicted octanol–water partition coefficient (Wildman–Crippen LogP) is 1.44. The summed E-state index contributed by atoms with van der Waals surface area (Å²) in [4.78, 5) is 24.7. The molecule has 2 saturated heterocycles. The van der Waals surface area contributed by atoms with Crippen LogP contribution in [0.5, 0.6) is 0 Å². The smallest absolute Gasteiger partial charge is 0.308 e. The number of carboxylic acids is 2. The van der Waals surface area contributed by atoms with Crippen LogP contribution in [0, 0.1) is 11.8 Å². The second kappa shape index (κ2) is 5.25. The fraction of sp³-hybridized carbons (Fsp3) is 0.867. The molecule has 2 rings (SSSR count). The topological polar surface area (TPSA) is 87.1 Å². The lowest BCUT2D eigenvalue weighted by molar-refractivity contribution is -0.158. The molecule has 0 spiro atoms. The minimum Gasteiger partial charge on any atom is -0.481 e. The van der Waals surface area contributed by atoms with E-state index in [2.05, 4.69) is 4.90 Å². The maximum absolute atomic E-state index is 11.4. The molecular formula is C15H25NO5. The molecule has 2 N–H and O–H groups in total. The second-order valence-electron chi connectivity index (χ2n) is 7.36. The Balaban J connectivity index is 2.16. The third-order valence-electron chi connectivity index (χ3n) is 4.75. The summed E-state index contributed by atoms with van der Waals surface area (Å²) in [6, 6.07) is 0.115. The number of hydrogen-bond donors (Lipinski definition) is 2. The lowest BCUT2D eigenvalue weighted by atomic mass is 9.82. The van der Waals surface area contributed by atoms with Gasteiger partial charge in [0.2, 0.25) is 0 Å². The van der Waals surface area contributed by atoms with E-state index in [1.54, 1.807) is 0 Å². The van der Waals surface area contributed by atoms with Gasteiger partial charge in [0, 0.05) is 12.6 Å². The fourth-order valence-corrected chi connectivity index (χ4v) is 3.91. The molecule has 2 heterocycles. The van der Waals surface area contributed by atoms with Gasteiger partial charge in [-0.05, 0) is 47.1 Å². The maximum Gasteiger partial charge on any atom is 0.308 e. The van der Waals surface area contributed by atoms with Crippen LogP contribution in [0.25, 0.3) is 0 Å². The molecule has 0 bridgehead atoms. The molecule has 3 unspecified atom stereocenters. The van der Waals surface area contributed by atoms with Gasteiger partial charge in [-0.25, -0.2) is 0 Å². The van der Waals surface area contributed by atoms with Gasteiger partial charge < -0.3 is 14.9 Å². The highest BCUT2D eigenvalue weighted by Crippen LogP contribution is 2.41. The minimum atomic E-state index is -1.02. The van der Waals surface area contributed by atoms with Crippen molar-refractivity contribution in [3.05, 3.63) is 0 Å². The number of hydrogen-bond acceptors (Lipinski definition) is 4. The molecule has 0 amide bonds. The molecule has 120 valence electrons. The van der Waals surface area contributed by atoms with Crippen LogP contribution >= 0.6 is 0 Å². The van der Waals surface area contributed by atoms with Crippen LogP contribution in [0.3, 0.4) is 0 Å². The van der Waals surface area contributed by atoms with Gasteiger partial charge in [0.05, 0.1) is 23.0 Å². The van der Waals surface area contributed by atoms with Crippen LogP contribution < -0.4 is 0 Å². The van der Waals surface area contributed by atoms with E-state index in [1.807, 2.05) is 27.7 Å².